The van der Waals surface area contributed by atoms with Crippen molar-refractivity contribution in [1.29, 1.82) is 0 Å². The lowest BCUT2D eigenvalue weighted by atomic mass is 10.2. The van der Waals surface area contributed by atoms with E-state index in [-0.39, 0.29) is 5.75 Å². The second kappa shape index (κ2) is 7.67. The SMILES string of the molecule is Oc1c(Br)cc(CNCCOc2ccccc2)cc1Br. The average molecular weight is 401 g/mol. The number of phenolic OH excluding ortho intramolecular Hbond substituents is 1. The molecule has 20 heavy (non-hydrogen) atoms. The predicted molar refractivity (Wildman–Crippen MR) is 87.2 cm³/mol. The number of hydrogen-bond donors (Lipinski definition) is 2. The maximum atomic E-state index is 9.63. The number of halogens is 2. The van der Waals surface area contributed by atoms with E-state index >= 15 is 0 Å². The Morgan fingerprint density at radius 3 is 2.35 bits per heavy atom. The van der Waals surface area contributed by atoms with Gasteiger partial charge in [-0.25, -0.2) is 0 Å². The Kier molecular flexibility index (Phi) is 5.88. The van der Waals surface area contributed by atoms with E-state index in [4.69, 9.17) is 4.74 Å². The van der Waals surface area contributed by atoms with Gasteiger partial charge in [0.1, 0.15) is 18.1 Å². The van der Waals surface area contributed by atoms with Crippen LogP contribution < -0.4 is 10.1 Å². The fraction of sp³-hybridized carbons (Fsp3) is 0.200. The van der Waals surface area contributed by atoms with E-state index in [0.717, 1.165) is 24.4 Å². The van der Waals surface area contributed by atoms with Crippen molar-refractivity contribution < 1.29 is 9.84 Å². The highest BCUT2D eigenvalue weighted by Crippen LogP contribution is 2.33. The first-order valence-corrected chi connectivity index (χ1v) is 7.81. The van der Waals surface area contributed by atoms with Gasteiger partial charge in [0.05, 0.1) is 8.95 Å². The van der Waals surface area contributed by atoms with Crippen LogP contribution in [-0.4, -0.2) is 18.3 Å². The summed E-state index contributed by atoms with van der Waals surface area (Å²) in [5, 5.41) is 12.9. The van der Waals surface area contributed by atoms with Gasteiger partial charge >= 0.3 is 0 Å². The summed E-state index contributed by atoms with van der Waals surface area (Å²) >= 11 is 6.64. The summed E-state index contributed by atoms with van der Waals surface area (Å²) in [7, 11) is 0. The Balaban J connectivity index is 1.74. The normalized spacial score (nSPS) is 10.5. The largest absolute Gasteiger partial charge is 0.506 e. The molecule has 3 nitrogen and oxygen atoms in total. The quantitative estimate of drug-likeness (QED) is 0.717. The number of benzene rings is 2. The van der Waals surface area contributed by atoms with Crippen LogP contribution in [0.2, 0.25) is 0 Å². The average Bonchev–Trinajstić information content (AvgIpc) is 2.45. The molecule has 0 aliphatic rings. The molecular weight excluding hydrogens is 386 g/mol. The minimum Gasteiger partial charge on any atom is -0.506 e. The van der Waals surface area contributed by atoms with E-state index in [1.54, 1.807) is 0 Å². The Bertz CT molecular complexity index is 538. The molecule has 2 aromatic carbocycles. The molecule has 0 saturated heterocycles. The topological polar surface area (TPSA) is 41.5 Å². The zero-order chi connectivity index (χ0) is 14.4. The van der Waals surface area contributed by atoms with Gasteiger partial charge in [-0.15, -0.1) is 0 Å². The molecule has 0 spiro atoms. The van der Waals surface area contributed by atoms with Crippen LogP contribution >= 0.6 is 31.9 Å². The van der Waals surface area contributed by atoms with Gasteiger partial charge in [0.15, 0.2) is 0 Å². The van der Waals surface area contributed by atoms with Gasteiger partial charge in [0.2, 0.25) is 0 Å². The third-order valence-electron chi connectivity index (χ3n) is 2.70. The summed E-state index contributed by atoms with van der Waals surface area (Å²) in [6.45, 7) is 2.09. The van der Waals surface area contributed by atoms with Crippen molar-refractivity contribution in [2.75, 3.05) is 13.2 Å². The molecule has 0 bridgehead atoms. The molecule has 2 rings (SSSR count). The molecule has 0 aromatic heterocycles. The number of rotatable bonds is 6. The molecule has 0 heterocycles. The minimum absolute atomic E-state index is 0.223. The van der Waals surface area contributed by atoms with Gasteiger partial charge in [-0.05, 0) is 61.7 Å². The Hall–Kier alpha value is -1.04. The maximum Gasteiger partial charge on any atom is 0.143 e. The van der Waals surface area contributed by atoms with Crippen molar-refractivity contribution in [1.82, 2.24) is 5.32 Å². The Morgan fingerprint density at radius 1 is 1.05 bits per heavy atom. The monoisotopic (exact) mass is 399 g/mol. The summed E-state index contributed by atoms with van der Waals surface area (Å²) in [6.07, 6.45) is 0. The zero-order valence-electron chi connectivity index (χ0n) is 10.8. The summed E-state index contributed by atoms with van der Waals surface area (Å²) in [5.74, 6) is 1.10. The van der Waals surface area contributed by atoms with Crippen LogP contribution in [0.4, 0.5) is 0 Å². The maximum absolute atomic E-state index is 9.63. The smallest absolute Gasteiger partial charge is 0.143 e. The van der Waals surface area contributed by atoms with E-state index < -0.39 is 0 Å². The highest BCUT2D eigenvalue weighted by Gasteiger charge is 2.05. The molecule has 0 aliphatic carbocycles. The Morgan fingerprint density at radius 2 is 1.70 bits per heavy atom. The van der Waals surface area contributed by atoms with Crippen LogP contribution in [0.25, 0.3) is 0 Å². The van der Waals surface area contributed by atoms with Crippen LogP contribution in [0, 0.1) is 0 Å². The number of para-hydroxylation sites is 1. The van der Waals surface area contributed by atoms with Crippen LogP contribution in [0.1, 0.15) is 5.56 Å². The van der Waals surface area contributed by atoms with Crippen molar-refractivity contribution in [2.45, 2.75) is 6.54 Å². The van der Waals surface area contributed by atoms with Crippen molar-refractivity contribution in [2.24, 2.45) is 0 Å². The summed E-state index contributed by atoms with van der Waals surface area (Å²) in [5.41, 5.74) is 1.08. The van der Waals surface area contributed by atoms with Crippen LogP contribution in [0.15, 0.2) is 51.4 Å². The molecule has 2 N–H and O–H groups in total. The van der Waals surface area contributed by atoms with Gasteiger partial charge in [0, 0.05) is 13.1 Å². The van der Waals surface area contributed by atoms with Crippen LogP contribution in [-0.2, 0) is 6.54 Å². The molecular formula is C15H15Br2NO2. The Labute approximate surface area is 135 Å². The number of phenols is 1. The van der Waals surface area contributed by atoms with Gasteiger partial charge < -0.3 is 15.2 Å². The molecule has 5 heteroatoms. The fourth-order valence-corrected chi connectivity index (χ4v) is 2.99. The van der Waals surface area contributed by atoms with E-state index in [1.807, 2.05) is 42.5 Å². The summed E-state index contributed by atoms with van der Waals surface area (Å²) < 4.78 is 6.96. The van der Waals surface area contributed by atoms with Gasteiger partial charge in [-0.3, -0.25) is 0 Å². The molecule has 0 aliphatic heterocycles. The van der Waals surface area contributed by atoms with Gasteiger partial charge in [-0.1, -0.05) is 18.2 Å². The highest BCUT2D eigenvalue weighted by molar-refractivity contribution is 9.11. The second-order valence-electron chi connectivity index (χ2n) is 4.25. The van der Waals surface area contributed by atoms with Crippen molar-refractivity contribution >= 4 is 31.9 Å². The molecule has 2 aromatic rings. The molecule has 0 unspecified atom stereocenters. The lowest BCUT2D eigenvalue weighted by Crippen LogP contribution is -2.20. The fourth-order valence-electron chi connectivity index (χ4n) is 1.71. The standard InChI is InChI=1S/C15H15Br2NO2/c16-13-8-11(9-14(17)15(13)19)10-18-6-7-20-12-4-2-1-3-5-12/h1-5,8-9,18-19H,6-7,10H2. The van der Waals surface area contributed by atoms with E-state index in [1.165, 1.54) is 0 Å². The van der Waals surface area contributed by atoms with Crippen molar-refractivity contribution in [3.63, 3.8) is 0 Å². The van der Waals surface area contributed by atoms with Crippen LogP contribution in [0.5, 0.6) is 11.5 Å². The van der Waals surface area contributed by atoms with Crippen molar-refractivity contribution in [3.05, 3.63) is 57.0 Å². The van der Waals surface area contributed by atoms with E-state index in [2.05, 4.69) is 37.2 Å². The van der Waals surface area contributed by atoms with E-state index in [0.29, 0.717) is 15.6 Å². The number of aromatic hydroxyl groups is 1. The lowest BCUT2D eigenvalue weighted by Gasteiger charge is -2.09. The minimum atomic E-state index is 0.223. The van der Waals surface area contributed by atoms with Gasteiger partial charge in [-0.2, -0.15) is 0 Å². The lowest BCUT2D eigenvalue weighted by molar-refractivity contribution is 0.313. The third-order valence-corrected chi connectivity index (χ3v) is 3.91. The first kappa shape index (κ1) is 15.4. The predicted octanol–water partition coefficient (Wildman–Crippen LogP) is 4.09. The zero-order valence-corrected chi connectivity index (χ0v) is 13.9. The second-order valence-corrected chi connectivity index (χ2v) is 5.96. The molecule has 0 fully saturated rings. The summed E-state index contributed by atoms with van der Waals surface area (Å²) in [4.78, 5) is 0. The number of ether oxygens (including phenoxy) is 1. The first-order chi connectivity index (χ1) is 9.66. The number of hydrogen-bond acceptors (Lipinski definition) is 3. The van der Waals surface area contributed by atoms with Crippen molar-refractivity contribution in [3.8, 4) is 11.5 Å². The molecule has 0 atom stereocenters. The first-order valence-electron chi connectivity index (χ1n) is 6.22. The summed E-state index contributed by atoms with van der Waals surface area (Å²) in [6, 6.07) is 13.5. The third kappa shape index (κ3) is 4.51. The molecule has 0 saturated carbocycles. The molecule has 0 amide bonds. The van der Waals surface area contributed by atoms with Crippen LogP contribution in [0.3, 0.4) is 0 Å². The molecule has 106 valence electrons. The highest BCUT2D eigenvalue weighted by atomic mass is 79.9. The van der Waals surface area contributed by atoms with E-state index in [9.17, 15) is 5.11 Å². The van der Waals surface area contributed by atoms with Gasteiger partial charge in [0.25, 0.3) is 0 Å². The molecule has 0 radical (unpaired) electrons. The number of nitrogens with one attached hydrogen (secondary N) is 1.